The molecule has 0 spiro atoms. The summed E-state index contributed by atoms with van der Waals surface area (Å²) in [5.41, 5.74) is -0.0175. The molecule has 0 aromatic heterocycles. The van der Waals surface area contributed by atoms with Crippen LogP contribution in [0.5, 0.6) is 0 Å². The summed E-state index contributed by atoms with van der Waals surface area (Å²) in [6.07, 6.45) is 1.25. The van der Waals surface area contributed by atoms with Crippen molar-refractivity contribution in [2.75, 3.05) is 73.0 Å². The minimum absolute atomic E-state index is 0.0202. The van der Waals surface area contributed by atoms with Crippen LogP contribution < -0.4 is 10.6 Å². The lowest BCUT2D eigenvalue weighted by atomic mass is 9.87. The molecule has 0 saturated carbocycles. The van der Waals surface area contributed by atoms with E-state index < -0.39 is 132 Å². The number of benzene rings is 1. The fourth-order valence-corrected chi connectivity index (χ4v) is 11.2. The molecule has 3 N–H and O–H groups in total. The minimum atomic E-state index is -1.37. The van der Waals surface area contributed by atoms with Gasteiger partial charge in [0.1, 0.15) is 24.2 Å². The number of hydrogen-bond donors (Lipinski definition) is 3. The number of aliphatic hydroxyl groups excluding tert-OH is 1. The highest BCUT2D eigenvalue weighted by Gasteiger charge is 2.42. The highest BCUT2D eigenvalue weighted by Crippen LogP contribution is 2.26. The SMILES string of the molecule is CC[C@H](C)[C@H]1C(=O)N[C@H](C(=O)N2CCCCC2)CSCC(=O)N(C)[C@@H](C)C(=O)C[C@@H](Cc2ccccc2)C(=O)N(C)[C@@H](CC(C)C)C(=O)C[C@@H]([C@@H](C)O)C(=O)N(C)CC(=O)N(C)[C@@H](CC(C)C)C(=O)N[C@@H](COC(C)(C)C)C(=O)N1C. The second kappa shape index (κ2) is 32.4. The molecule has 3 rings (SSSR count). The third-order valence-electron chi connectivity index (χ3n) is 15.7. The van der Waals surface area contributed by atoms with Gasteiger partial charge in [0.05, 0.1) is 48.6 Å². The number of carbonyl (C=O) groups excluding carboxylic acids is 10. The summed E-state index contributed by atoms with van der Waals surface area (Å²) in [7, 11) is 7.21. The van der Waals surface area contributed by atoms with E-state index >= 15 is 0 Å². The molecule has 1 aromatic carbocycles. The van der Waals surface area contributed by atoms with Crippen LogP contribution in [0.15, 0.2) is 30.3 Å². The van der Waals surface area contributed by atoms with Crippen LogP contribution in [0.2, 0.25) is 0 Å². The van der Waals surface area contributed by atoms with Gasteiger partial charge in [0, 0.05) is 72.8 Å². The highest BCUT2D eigenvalue weighted by molar-refractivity contribution is 8.00. The maximum atomic E-state index is 14.9. The van der Waals surface area contributed by atoms with Crippen LogP contribution in [-0.2, 0) is 59.1 Å². The summed E-state index contributed by atoms with van der Waals surface area (Å²) in [5, 5.41) is 16.9. The van der Waals surface area contributed by atoms with Gasteiger partial charge >= 0.3 is 0 Å². The summed E-state index contributed by atoms with van der Waals surface area (Å²) in [5.74, 6) is -8.79. The summed E-state index contributed by atoms with van der Waals surface area (Å²) in [4.78, 5) is 153. The molecule has 2 fully saturated rings. The van der Waals surface area contributed by atoms with E-state index in [0.29, 0.717) is 19.5 Å². The van der Waals surface area contributed by atoms with Crippen molar-refractivity contribution in [3.63, 3.8) is 0 Å². The second-order valence-corrected chi connectivity index (χ2v) is 25.5. The van der Waals surface area contributed by atoms with Crippen LogP contribution >= 0.6 is 11.8 Å². The highest BCUT2D eigenvalue weighted by atomic mass is 32.2. The van der Waals surface area contributed by atoms with Gasteiger partial charge in [0.15, 0.2) is 11.6 Å². The number of piperidine rings is 1. The fourth-order valence-electron chi connectivity index (χ4n) is 10.3. The van der Waals surface area contributed by atoms with Crippen molar-refractivity contribution in [2.24, 2.45) is 29.6 Å². The molecule has 0 aliphatic carbocycles. The molecule has 2 aliphatic rings. The molecular formula is C60H98N8O12S. The molecule has 8 amide bonds. The minimum Gasteiger partial charge on any atom is -0.393 e. The first-order chi connectivity index (χ1) is 37.8. The van der Waals surface area contributed by atoms with Gasteiger partial charge < -0.3 is 49.9 Å². The normalized spacial score (nSPS) is 26.3. The lowest BCUT2D eigenvalue weighted by molar-refractivity contribution is -0.150. The lowest BCUT2D eigenvalue weighted by Gasteiger charge is -2.37. The van der Waals surface area contributed by atoms with Crippen molar-refractivity contribution < 1.29 is 57.8 Å². The van der Waals surface area contributed by atoms with E-state index in [2.05, 4.69) is 10.6 Å². The number of amides is 8. The Bertz CT molecular complexity index is 2310. The zero-order valence-electron chi connectivity index (χ0n) is 51.5. The molecule has 10 atom stereocenters. The predicted octanol–water partition coefficient (Wildman–Crippen LogP) is 4.23. The average Bonchev–Trinajstić information content (AvgIpc) is 3.47. The fraction of sp³-hybridized carbons (Fsp3) is 0.733. The van der Waals surface area contributed by atoms with Crippen molar-refractivity contribution in [3.8, 4) is 0 Å². The van der Waals surface area contributed by atoms with Crippen molar-refractivity contribution in [1.82, 2.24) is 40.0 Å². The third-order valence-corrected chi connectivity index (χ3v) is 16.7. The van der Waals surface area contributed by atoms with Crippen LogP contribution in [0.25, 0.3) is 0 Å². The lowest BCUT2D eigenvalue weighted by Crippen LogP contribution is -2.61. The van der Waals surface area contributed by atoms with Crippen molar-refractivity contribution >= 4 is 70.6 Å². The van der Waals surface area contributed by atoms with Gasteiger partial charge in [-0.1, -0.05) is 78.3 Å². The van der Waals surface area contributed by atoms with Crippen molar-refractivity contribution in [2.45, 2.75) is 182 Å². The number of likely N-dealkylation sites (N-methyl/N-ethyl adjacent to an activating group) is 5. The first-order valence-electron chi connectivity index (χ1n) is 29.0. The number of nitrogens with zero attached hydrogens (tertiary/aromatic N) is 6. The van der Waals surface area contributed by atoms with Crippen LogP contribution in [0.4, 0.5) is 0 Å². The molecule has 456 valence electrons. The number of carbonyl (C=O) groups is 10. The number of hydrogen-bond acceptors (Lipinski definition) is 13. The number of ether oxygens (including phenoxy) is 1. The Labute approximate surface area is 486 Å². The Balaban J connectivity index is 2.22. The maximum absolute atomic E-state index is 14.9. The molecule has 20 nitrogen and oxygen atoms in total. The van der Waals surface area contributed by atoms with Gasteiger partial charge in [-0.05, 0) is 96.5 Å². The Morgan fingerprint density at radius 2 is 1.31 bits per heavy atom. The average molecular weight is 1160 g/mol. The first-order valence-corrected chi connectivity index (χ1v) is 30.1. The molecule has 0 unspecified atom stereocenters. The van der Waals surface area contributed by atoms with E-state index in [4.69, 9.17) is 4.74 Å². The van der Waals surface area contributed by atoms with E-state index in [1.54, 1.807) is 39.5 Å². The molecule has 0 radical (unpaired) electrons. The molecular weight excluding hydrogens is 1060 g/mol. The van der Waals surface area contributed by atoms with Crippen LogP contribution in [-0.4, -0.2) is 214 Å². The van der Waals surface area contributed by atoms with Gasteiger partial charge in [-0.15, -0.1) is 11.8 Å². The van der Waals surface area contributed by atoms with E-state index in [0.717, 1.165) is 41.5 Å². The monoisotopic (exact) mass is 1150 g/mol. The van der Waals surface area contributed by atoms with Crippen LogP contribution in [0.3, 0.4) is 0 Å². The second-order valence-electron chi connectivity index (χ2n) is 24.4. The van der Waals surface area contributed by atoms with Crippen molar-refractivity contribution in [1.29, 1.82) is 0 Å². The van der Waals surface area contributed by atoms with E-state index in [9.17, 15) is 53.1 Å². The number of nitrogens with one attached hydrogen (secondary N) is 2. The summed E-state index contributed by atoms with van der Waals surface area (Å²) >= 11 is 1.11. The summed E-state index contributed by atoms with van der Waals surface area (Å²) in [6, 6.07) is 2.24. The largest absolute Gasteiger partial charge is 0.393 e. The zero-order chi connectivity index (χ0) is 61.2. The standard InChI is InChI=1S/C60H98N8O12S/c1-17-39(6)53-55(75)62-46(59(79)68-26-22-19-23-27-68)35-81-36-52(73)64(13)40(7)49(70)31-43(30-42-24-20-18-21-25-42)56(76)66(15)47(28-37(2)3)50(71)32-44(41(8)69)57(77)63(12)33-51(72)65(14)48(29-38(4)5)54(74)61-45(58(78)67(53)16)34-80-60(9,10)11/h18,20-21,24-25,37-41,43-48,53,69H,17,19,22-23,26-36H2,1-16H3,(H,61,74)(H,62,75)/t39-,40-,41+,43+,44-,45-,46-,47-,48-,53-/m0/s1. The van der Waals surface area contributed by atoms with Gasteiger partial charge in [-0.3, -0.25) is 47.9 Å². The maximum Gasteiger partial charge on any atom is 0.247 e. The molecule has 0 bridgehead atoms. The zero-order valence-corrected chi connectivity index (χ0v) is 52.3. The summed E-state index contributed by atoms with van der Waals surface area (Å²) in [6.45, 7) is 19.5. The predicted molar refractivity (Wildman–Crippen MR) is 313 cm³/mol. The number of thioether (sulfide) groups is 1. The third kappa shape index (κ3) is 21.1. The Kier molecular flexibility index (Phi) is 28.0. The molecule has 2 saturated heterocycles. The number of rotatable bonds is 12. The van der Waals surface area contributed by atoms with Crippen LogP contribution in [0.1, 0.15) is 133 Å². The van der Waals surface area contributed by atoms with Gasteiger partial charge in [0.25, 0.3) is 0 Å². The van der Waals surface area contributed by atoms with E-state index in [1.807, 2.05) is 65.0 Å². The van der Waals surface area contributed by atoms with E-state index in [-0.39, 0.29) is 61.5 Å². The number of ketones is 2. The molecule has 21 heteroatoms. The van der Waals surface area contributed by atoms with E-state index in [1.165, 1.54) is 61.8 Å². The molecule has 1 aromatic rings. The Morgan fingerprint density at radius 1 is 0.716 bits per heavy atom. The molecule has 2 heterocycles. The molecule has 2 aliphatic heterocycles. The Hall–Kier alpha value is -5.41. The van der Waals surface area contributed by atoms with Gasteiger partial charge in [-0.25, -0.2) is 0 Å². The number of aliphatic hydroxyl groups is 1. The van der Waals surface area contributed by atoms with Crippen molar-refractivity contribution in [3.05, 3.63) is 35.9 Å². The number of Topliss-reactive ketones (excluding diaryl/α,β-unsaturated/α-hetero) is 2. The number of likely N-dealkylation sites (tertiary alicyclic amines) is 1. The molecule has 81 heavy (non-hydrogen) atoms. The smallest absolute Gasteiger partial charge is 0.247 e. The van der Waals surface area contributed by atoms with Gasteiger partial charge in [0.2, 0.25) is 47.3 Å². The Morgan fingerprint density at radius 3 is 1.86 bits per heavy atom. The summed E-state index contributed by atoms with van der Waals surface area (Å²) < 4.78 is 6.11. The first kappa shape index (κ1) is 69.9. The van der Waals surface area contributed by atoms with Gasteiger partial charge in [-0.2, -0.15) is 0 Å². The quantitative estimate of drug-likeness (QED) is 0.266. The van der Waals surface area contributed by atoms with Crippen LogP contribution in [0, 0.1) is 29.6 Å². The topological polar surface area (TPSA) is 244 Å².